The molecule has 4 rings (SSSR count). The molecule has 0 spiro atoms. The van der Waals surface area contributed by atoms with E-state index in [0.29, 0.717) is 45.0 Å². The third-order valence-corrected chi connectivity index (χ3v) is 5.77. The zero-order valence-electron chi connectivity index (χ0n) is 17.8. The van der Waals surface area contributed by atoms with E-state index in [4.69, 9.17) is 0 Å². The Balaban J connectivity index is 1.39. The SMILES string of the molecule is Cc1nn(CN2CCN(c3cccc(C(F)(F)F)c3)CC2)c(=O)cc1Cc1ccccc1. The van der Waals surface area contributed by atoms with Crippen LogP contribution in [0, 0.1) is 6.92 Å². The molecule has 5 nitrogen and oxygen atoms in total. The molecular formula is C24H25F3N4O. The van der Waals surface area contributed by atoms with Crippen LogP contribution in [0.2, 0.25) is 0 Å². The van der Waals surface area contributed by atoms with Gasteiger partial charge in [-0.15, -0.1) is 0 Å². The van der Waals surface area contributed by atoms with Gasteiger partial charge < -0.3 is 4.90 Å². The molecule has 1 saturated heterocycles. The van der Waals surface area contributed by atoms with Gasteiger partial charge in [0.25, 0.3) is 5.56 Å². The predicted octanol–water partition coefficient (Wildman–Crippen LogP) is 3.94. The highest BCUT2D eigenvalue weighted by Gasteiger charge is 2.31. The van der Waals surface area contributed by atoms with Crippen molar-refractivity contribution < 1.29 is 13.2 Å². The molecular weight excluding hydrogens is 417 g/mol. The highest BCUT2D eigenvalue weighted by molar-refractivity contribution is 5.49. The van der Waals surface area contributed by atoms with Gasteiger partial charge >= 0.3 is 6.18 Å². The van der Waals surface area contributed by atoms with Crippen LogP contribution in [-0.4, -0.2) is 40.9 Å². The number of hydrogen-bond acceptors (Lipinski definition) is 4. The minimum atomic E-state index is -4.35. The normalized spacial score (nSPS) is 15.2. The summed E-state index contributed by atoms with van der Waals surface area (Å²) in [4.78, 5) is 16.7. The second kappa shape index (κ2) is 9.16. The van der Waals surface area contributed by atoms with Gasteiger partial charge in [0.2, 0.25) is 0 Å². The minimum absolute atomic E-state index is 0.151. The van der Waals surface area contributed by atoms with Gasteiger partial charge in [-0.2, -0.15) is 18.3 Å². The summed E-state index contributed by atoms with van der Waals surface area (Å²) >= 11 is 0. The van der Waals surface area contributed by atoms with Crippen molar-refractivity contribution in [3.05, 3.63) is 93.4 Å². The molecule has 0 atom stereocenters. The van der Waals surface area contributed by atoms with Crippen molar-refractivity contribution in [2.24, 2.45) is 0 Å². The molecule has 0 unspecified atom stereocenters. The highest BCUT2D eigenvalue weighted by Crippen LogP contribution is 2.31. The largest absolute Gasteiger partial charge is 0.416 e. The third-order valence-electron chi connectivity index (χ3n) is 5.77. The van der Waals surface area contributed by atoms with Crippen LogP contribution in [0.4, 0.5) is 18.9 Å². The number of piperazine rings is 1. The molecule has 0 radical (unpaired) electrons. The van der Waals surface area contributed by atoms with E-state index in [-0.39, 0.29) is 5.56 Å². The summed E-state index contributed by atoms with van der Waals surface area (Å²) in [5.41, 5.74) is 2.63. The Morgan fingerprint density at radius 1 is 0.938 bits per heavy atom. The zero-order chi connectivity index (χ0) is 22.7. The van der Waals surface area contributed by atoms with Crippen LogP contribution in [0.15, 0.2) is 65.5 Å². The number of anilines is 1. The van der Waals surface area contributed by atoms with Crippen molar-refractivity contribution >= 4 is 5.69 Å². The van der Waals surface area contributed by atoms with E-state index in [1.165, 1.54) is 16.8 Å². The van der Waals surface area contributed by atoms with Gasteiger partial charge in [0.1, 0.15) is 0 Å². The first-order valence-electron chi connectivity index (χ1n) is 10.6. The summed E-state index contributed by atoms with van der Waals surface area (Å²) in [5.74, 6) is 0. The van der Waals surface area contributed by atoms with Gasteiger partial charge in [0.15, 0.2) is 0 Å². The van der Waals surface area contributed by atoms with Crippen molar-refractivity contribution in [1.29, 1.82) is 0 Å². The van der Waals surface area contributed by atoms with Crippen LogP contribution >= 0.6 is 0 Å². The van der Waals surface area contributed by atoms with Crippen LogP contribution < -0.4 is 10.5 Å². The van der Waals surface area contributed by atoms with Gasteiger partial charge in [-0.05, 0) is 42.7 Å². The molecule has 2 heterocycles. The second-order valence-electron chi connectivity index (χ2n) is 8.05. The number of alkyl halides is 3. The number of aryl methyl sites for hydroxylation is 1. The molecule has 2 aromatic carbocycles. The summed E-state index contributed by atoms with van der Waals surface area (Å²) in [5, 5.41) is 4.50. The van der Waals surface area contributed by atoms with Crippen molar-refractivity contribution in [2.45, 2.75) is 26.2 Å². The number of rotatable bonds is 5. The van der Waals surface area contributed by atoms with E-state index >= 15 is 0 Å². The number of hydrogen-bond donors (Lipinski definition) is 0. The Morgan fingerprint density at radius 2 is 1.66 bits per heavy atom. The van der Waals surface area contributed by atoms with Gasteiger partial charge in [-0.25, -0.2) is 4.68 Å². The van der Waals surface area contributed by atoms with Crippen molar-refractivity contribution in [3.63, 3.8) is 0 Å². The van der Waals surface area contributed by atoms with Crippen LogP contribution in [0.5, 0.6) is 0 Å². The monoisotopic (exact) mass is 442 g/mol. The Morgan fingerprint density at radius 3 is 2.34 bits per heavy atom. The molecule has 0 aliphatic carbocycles. The third kappa shape index (κ3) is 5.19. The van der Waals surface area contributed by atoms with Crippen LogP contribution in [0.3, 0.4) is 0 Å². The molecule has 32 heavy (non-hydrogen) atoms. The van der Waals surface area contributed by atoms with Gasteiger partial charge in [-0.3, -0.25) is 9.69 Å². The van der Waals surface area contributed by atoms with Gasteiger partial charge in [-0.1, -0.05) is 36.4 Å². The number of aromatic nitrogens is 2. The van der Waals surface area contributed by atoms with Crippen LogP contribution in [0.25, 0.3) is 0 Å². The lowest BCUT2D eigenvalue weighted by Gasteiger charge is -2.36. The Labute approximate surface area is 184 Å². The summed E-state index contributed by atoms with van der Waals surface area (Å²) in [6, 6.07) is 17.0. The Kier molecular flexibility index (Phi) is 6.32. The summed E-state index contributed by atoms with van der Waals surface area (Å²) in [7, 11) is 0. The molecule has 0 saturated carbocycles. The smallest absolute Gasteiger partial charge is 0.369 e. The average molecular weight is 442 g/mol. The quantitative estimate of drug-likeness (QED) is 0.600. The first kappa shape index (κ1) is 22.1. The molecule has 1 aliphatic heterocycles. The second-order valence-corrected chi connectivity index (χ2v) is 8.05. The Bertz CT molecular complexity index is 1120. The van der Waals surface area contributed by atoms with E-state index in [9.17, 15) is 18.0 Å². The lowest BCUT2D eigenvalue weighted by Crippen LogP contribution is -2.48. The van der Waals surface area contributed by atoms with E-state index in [1.807, 2.05) is 42.2 Å². The fourth-order valence-corrected chi connectivity index (χ4v) is 3.93. The number of halogens is 3. The fourth-order valence-electron chi connectivity index (χ4n) is 3.93. The van der Waals surface area contributed by atoms with Gasteiger partial charge in [0.05, 0.1) is 17.9 Å². The molecule has 1 aromatic heterocycles. The molecule has 168 valence electrons. The first-order chi connectivity index (χ1) is 15.3. The van der Waals surface area contributed by atoms with E-state index in [0.717, 1.165) is 22.9 Å². The predicted molar refractivity (Wildman–Crippen MR) is 118 cm³/mol. The van der Waals surface area contributed by atoms with E-state index in [2.05, 4.69) is 10.00 Å². The lowest BCUT2D eigenvalue weighted by molar-refractivity contribution is -0.137. The van der Waals surface area contributed by atoms with Crippen LogP contribution in [0.1, 0.15) is 22.4 Å². The maximum absolute atomic E-state index is 13.0. The lowest BCUT2D eigenvalue weighted by atomic mass is 10.0. The summed E-state index contributed by atoms with van der Waals surface area (Å²) in [6.45, 7) is 4.70. The van der Waals surface area contributed by atoms with Gasteiger partial charge in [0, 0.05) is 37.9 Å². The Hall–Kier alpha value is -3.13. The molecule has 0 bridgehead atoms. The standard InChI is InChI=1S/C24H25F3N4O/c1-18-20(14-19-6-3-2-4-7-19)15-23(32)31(28-18)17-29-10-12-30(13-11-29)22-9-5-8-21(16-22)24(25,26)27/h2-9,15-16H,10-14,17H2,1H3. The number of benzene rings is 2. The average Bonchev–Trinajstić information content (AvgIpc) is 2.78. The van der Waals surface area contributed by atoms with Crippen molar-refractivity contribution in [3.8, 4) is 0 Å². The molecule has 1 fully saturated rings. The van der Waals surface area contributed by atoms with Crippen molar-refractivity contribution in [1.82, 2.24) is 14.7 Å². The minimum Gasteiger partial charge on any atom is -0.369 e. The number of nitrogens with zero attached hydrogens (tertiary/aromatic N) is 4. The maximum Gasteiger partial charge on any atom is 0.416 e. The van der Waals surface area contributed by atoms with E-state index < -0.39 is 11.7 Å². The topological polar surface area (TPSA) is 41.4 Å². The maximum atomic E-state index is 13.0. The highest BCUT2D eigenvalue weighted by atomic mass is 19.4. The van der Waals surface area contributed by atoms with Crippen molar-refractivity contribution in [2.75, 3.05) is 31.1 Å². The fraction of sp³-hybridized carbons (Fsp3) is 0.333. The molecule has 8 heteroatoms. The zero-order valence-corrected chi connectivity index (χ0v) is 17.8. The molecule has 1 aliphatic rings. The summed E-state index contributed by atoms with van der Waals surface area (Å²) < 4.78 is 40.4. The van der Waals surface area contributed by atoms with E-state index in [1.54, 1.807) is 12.1 Å². The summed E-state index contributed by atoms with van der Waals surface area (Å²) in [6.07, 6.45) is -3.69. The molecule has 0 N–H and O–H groups in total. The van der Waals surface area contributed by atoms with Crippen LogP contribution in [-0.2, 0) is 19.3 Å². The molecule has 0 amide bonds. The molecule has 3 aromatic rings. The first-order valence-corrected chi connectivity index (χ1v) is 10.6.